The molecule has 0 fully saturated rings. The van der Waals surface area contributed by atoms with Crippen LogP contribution in [0.5, 0.6) is 0 Å². The molecule has 0 aliphatic heterocycles. The van der Waals surface area contributed by atoms with Crippen LogP contribution in [0.2, 0.25) is 0 Å². The molecule has 14 heavy (non-hydrogen) atoms. The van der Waals surface area contributed by atoms with Crippen molar-refractivity contribution in [3.05, 3.63) is 0 Å². The summed E-state index contributed by atoms with van der Waals surface area (Å²) < 4.78 is 0. The molecular formula is C10H20N2O2. The molecule has 4 nitrogen and oxygen atoms in total. The zero-order chi connectivity index (χ0) is 11.0. The normalized spacial score (nSPS) is 10.6. The number of nitrogens with zero attached hydrogens (tertiary/aromatic N) is 1. The quantitative estimate of drug-likeness (QED) is 0.602. The van der Waals surface area contributed by atoms with Crippen molar-refractivity contribution >= 4 is 11.6 Å². The van der Waals surface area contributed by atoms with Crippen molar-refractivity contribution in [3.63, 3.8) is 0 Å². The number of nitrogens with one attached hydrogen (secondary N) is 1. The maximum Gasteiger partial charge on any atom is 0.143 e. The summed E-state index contributed by atoms with van der Waals surface area (Å²) in [6.45, 7) is 5.91. The maximum atomic E-state index is 10.9. The summed E-state index contributed by atoms with van der Waals surface area (Å²) in [6, 6.07) is 0. The number of ketones is 2. The summed E-state index contributed by atoms with van der Waals surface area (Å²) in [6.07, 6.45) is 0.525. The Morgan fingerprint density at radius 2 is 1.79 bits per heavy atom. The number of Topliss-reactive ketones (excluding diaryl/α,β-unsaturated/α-hetero) is 2. The molecule has 0 radical (unpaired) electrons. The van der Waals surface area contributed by atoms with Crippen LogP contribution in [0.25, 0.3) is 0 Å². The minimum atomic E-state index is 0.143. The first-order valence-corrected chi connectivity index (χ1v) is 4.92. The lowest BCUT2D eigenvalue weighted by Crippen LogP contribution is -2.35. The Kier molecular flexibility index (Phi) is 7.24. The lowest BCUT2D eigenvalue weighted by molar-refractivity contribution is -0.120. The summed E-state index contributed by atoms with van der Waals surface area (Å²) in [5.41, 5.74) is 0. The molecule has 0 rings (SSSR count). The van der Waals surface area contributed by atoms with Crippen molar-refractivity contribution in [1.82, 2.24) is 10.2 Å². The van der Waals surface area contributed by atoms with E-state index in [0.29, 0.717) is 19.5 Å². The molecule has 0 bridgehead atoms. The lowest BCUT2D eigenvalue weighted by Gasteiger charge is -2.19. The van der Waals surface area contributed by atoms with Gasteiger partial charge in [-0.3, -0.25) is 14.5 Å². The van der Waals surface area contributed by atoms with E-state index in [-0.39, 0.29) is 11.6 Å². The molecular weight excluding hydrogens is 180 g/mol. The fraction of sp³-hybridized carbons (Fsp3) is 0.800. The molecule has 0 amide bonds. The molecule has 0 saturated carbocycles. The predicted molar refractivity (Wildman–Crippen MR) is 56.3 cm³/mol. The predicted octanol–water partition coefficient (Wildman–Crippen LogP) is 0.0759. The van der Waals surface area contributed by atoms with Gasteiger partial charge in [-0.1, -0.05) is 0 Å². The van der Waals surface area contributed by atoms with Crippen LogP contribution >= 0.6 is 0 Å². The molecule has 1 N–H and O–H groups in total. The van der Waals surface area contributed by atoms with Gasteiger partial charge < -0.3 is 5.32 Å². The highest BCUT2D eigenvalue weighted by Gasteiger charge is 2.07. The molecule has 0 aliphatic carbocycles. The summed E-state index contributed by atoms with van der Waals surface area (Å²) in [7, 11) is 1.87. The first kappa shape index (κ1) is 13.3. The van der Waals surface area contributed by atoms with E-state index in [1.807, 2.05) is 11.9 Å². The minimum Gasteiger partial charge on any atom is -0.318 e. The van der Waals surface area contributed by atoms with E-state index in [9.17, 15) is 9.59 Å². The van der Waals surface area contributed by atoms with Gasteiger partial charge in [0.1, 0.15) is 11.6 Å². The molecule has 0 aromatic heterocycles. The number of carbonyl (C=O) groups is 2. The van der Waals surface area contributed by atoms with Gasteiger partial charge in [0.2, 0.25) is 0 Å². The van der Waals surface area contributed by atoms with Crippen LogP contribution in [0, 0.1) is 0 Å². The van der Waals surface area contributed by atoms with E-state index in [1.54, 1.807) is 13.8 Å². The molecule has 0 saturated heterocycles. The van der Waals surface area contributed by atoms with Gasteiger partial charge in [-0.25, -0.2) is 0 Å². The topological polar surface area (TPSA) is 49.4 Å². The number of hydrogen-bond acceptors (Lipinski definition) is 4. The van der Waals surface area contributed by atoms with E-state index in [0.717, 1.165) is 13.1 Å². The monoisotopic (exact) mass is 200 g/mol. The highest BCUT2D eigenvalue weighted by Crippen LogP contribution is 1.92. The van der Waals surface area contributed by atoms with Crippen molar-refractivity contribution in [1.29, 1.82) is 0 Å². The Morgan fingerprint density at radius 3 is 2.21 bits per heavy atom. The number of hydrogen-bond donors (Lipinski definition) is 1. The van der Waals surface area contributed by atoms with Crippen LogP contribution in [0.3, 0.4) is 0 Å². The SMILES string of the molecule is CNCCN(CCC(C)=O)CC(C)=O. The Hall–Kier alpha value is -0.740. The average molecular weight is 200 g/mol. The third-order valence-electron chi connectivity index (χ3n) is 1.90. The van der Waals surface area contributed by atoms with Gasteiger partial charge in [0, 0.05) is 26.1 Å². The zero-order valence-electron chi connectivity index (χ0n) is 9.30. The number of carbonyl (C=O) groups excluding carboxylic acids is 2. The fourth-order valence-corrected chi connectivity index (χ4v) is 1.17. The van der Waals surface area contributed by atoms with Gasteiger partial charge in [-0.15, -0.1) is 0 Å². The molecule has 0 aromatic carbocycles. The van der Waals surface area contributed by atoms with Crippen LogP contribution in [0.15, 0.2) is 0 Å². The highest BCUT2D eigenvalue weighted by atomic mass is 16.1. The van der Waals surface area contributed by atoms with Crippen LogP contribution in [-0.2, 0) is 9.59 Å². The summed E-state index contributed by atoms with van der Waals surface area (Å²) >= 11 is 0. The lowest BCUT2D eigenvalue weighted by atomic mass is 10.2. The van der Waals surface area contributed by atoms with E-state index in [1.165, 1.54) is 0 Å². The van der Waals surface area contributed by atoms with Crippen LogP contribution in [0.1, 0.15) is 20.3 Å². The van der Waals surface area contributed by atoms with Crippen molar-refractivity contribution in [2.24, 2.45) is 0 Å². The summed E-state index contributed by atoms with van der Waals surface area (Å²) in [4.78, 5) is 23.7. The maximum absolute atomic E-state index is 10.9. The van der Waals surface area contributed by atoms with E-state index < -0.39 is 0 Å². The van der Waals surface area contributed by atoms with Crippen LogP contribution in [-0.4, -0.2) is 49.7 Å². The molecule has 0 atom stereocenters. The second kappa shape index (κ2) is 7.64. The third-order valence-corrected chi connectivity index (χ3v) is 1.90. The minimum absolute atomic E-state index is 0.143. The first-order valence-electron chi connectivity index (χ1n) is 4.92. The molecule has 82 valence electrons. The Balaban J connectivity index is 3.83. The first-order chi connectivity index (χ1) is 6.56. The van der Waals surface area contributed by atoms with Crippen molar-refractivity contribution in [3.8, 4) is 0 Å². The zero-order valence-corrected chi connectivity index (χ0v) is 9.30. The standard InChI is InChI=1S/C10H20N2O2/c1-9(13)4-6-12(7-5-11-3)8-10(2)14/h11H,4-8H2,1-3H3. The molecule has 0 unspecified atom stereocenters. The second-order valence-electron chi connectivity index (χ2n) is 3.53. The molecule has 0 heterocycles. The summed E-state index contributed by atoms with van der Waals surface area (Å²) in [5, 5.41) is 3.02. The van der Waals surface area contributed by atoms with Crippen molar-refractivity contribution < 1.29 is 9.59 Å². The fourth-order valence-electron chi connectivity index (χ4n) is 1.17. The van der Waals surface area contributed by atoms with E-state index in [2.05, 4.69) is 5.32 Å². The average Bonchev–Trinajstić information content (AvgIpc) is 2.09. The van der Waals surface area contributed by atoms with Gasteiger partial charge in [0.15, 0.2) is 0 Å². The van der Waals surface area contributed by atoms with Gasteiger partial charge in [-0.05, 0) is 20.9 Å². The second-order valence-corrected chi connectivity index (χ2v) is 3.53. The smallest absolute Gasteiger partial charge is 0.143 e. The van der Waals surface area contributed by atoms with Crippen LogP contribution in [0.4, 0.5) is 0 Å². The largest absolute Gasteiger partial charge is 0.318 e. The number of likely N-dealkylation sites (N-methyl/N-ethyl adjacent to an activating group) is 1. The third kappa shape index (κ3) is 7.89. The van der Waals surface area contributed by atoms with Crippen molar-refractivity contribution in [2.45, 2.75) is 20.3 Å². The molecule has 4 heteroatoms. The number of rotatable bonds is 8. The highest BCUT2D eigenvalue weighted by molar-refractivity contribution is 5.78. The Morgan fingerprint density at radius 1 is 1.14 bits per heavy atom. The van der Waals surface area contributed by atoms with E-state index >= 15 is 0 Å². The van der Waals surface area contributed by atoms with Gasteiger partial charge >= 0.3 is 0 Å². The molecule has 0 aromatic rings. The van der Waals surface area contributed by atoms with Crippen molar-refractivity contribution in [2.75, 3.05) is 33.2 Å². The molecule has 0 aliphatic rings. The Bertz CT molecular complexity index is 193. The van der Waals surface area contributed by atoms with Crippen LogP contribution < -0.4 is 5.32 Å². The van der Waals surface area contributed by atoms with E-state index in [4.69, 9.17) is 0 Å². The Labute approximate surface area is 85.7 Å². The van der Waals surface area contributed by atoms with Gasteiger partial charge in [0.05, 0.1) is 6.54 Å². The molecule has 0 spiro atoms. The van der Waals surface area contributed by atoms with Gasteiger partial charge in [0.25, 0.3) is 0 Å². The summed E-state index contributed by atoms with van der Waals surface area (Å²) in [5.74, 6) is 0.313. The van der Waals surface area contributed by atoms with Gasteiger partial charge in [-0.2, -0.15) is 0 Å².